The Morgan fingerprint density at radius 2 is 1.79 bits per heavy atom. The Balaban J connectivity index is 2.07. The fourth-order valence-electron chi connectivity index (χ4n) is 2.28. The summed E-state index contributed by atoms with van der Waals surface area (Å²) >= 11 is 0. The largest absolute Gasteiger partial charge is 0.457 e. The van der Waals surface area contributed by atoms with Gasteiger partial charge in [-0.15, -0.1) is 0 Å². The number of guanidine groups is 1. The Kier molecular flexibility index (Phi) is 6.63. The number of hydrogen-bond donors (Lipinski definition) is 2. The molecule has 24 heavy (non-hydrogen) atoms. The van der Waals surface area contributed by atoms with Crippen molar-refractivity contribution in [1.82, 2.24) is 5.32 Å². The second-order valence-corrected chi connectivity index (χ2v) is 5.68. The van der Waals surface area contributed by atoms with Gasteiger partial charge in [0.25, 0.3) is 0 Å². The van der Waals surface area contributed by atoms with Gasteiger partial charge >= 0.3 is 0 Å². The van der Waals surface area contributed by atoms with E-state index >= 15 is 0 Å². The van der Waals surface area contributed by atoms with E-state index in [1.165, 1.54) is 0 Å². The van der Waals surface area contributed by atoms with Gasteiger partial charge in [0, 0.05) is 18.7 Å². The Morgan fingerprint density at radius 1 is 1.12 bits per heavy atom. The lowest BCUT2D eigenvalue weighted by Gasteiger charge is -2.14. The highest BCUT2D eigenvalue weighted by atomic mass is 16.5. The average Bonchev–Trinajstić information content (AvgIpc) is 2.56. The lowest BCUT2D eigenvalue weighted by Crippen LogP contribution is -2.40. The number of aliphatic imine (C=N–C) groups is 1. The van der Waals surface area contributed by atoms with Gasteiger partial charge in [0.1, 0.15) is 11.5 Å². The smallest absolute Gasteiger partial charge is 0.189 e. The molecule has 0 aliphatic rings. The summed E-state index contributed by atoms with van der Waals surface area (Å²) in [6.45, 7) is 5.03. The van der Waals surface area contributed by atoms with E-state index in [9.17, 15) is 0 Å². The second-order valence-electron chi connectivity index (χ2n) is 5.68. The molecule has 0 aromatic heterocycles. The van der Waals surface area contributed by atoms with Crippen LogP contribution in [0.2, 0.25) is 0 Å². The molecule has 1 atom stereocenters. The molecule has 0 radical (unpaired) electrons. The predicted octanol–water partition coefficient (Wildman–Crippen LogP) is 3.23. The quantitative estimate of drug-likeness (QED) is 0.605. The van der Waals surface area contributed by atoms with Crippen molar-refractivity contribution in [3.8, 4) is 11.5 Å². The maximum atomic E-state index is 6.04. The number of hydrogen-bond acceptors (Lipinski definition) is 3. The molecule has 0 bridgehead atoms. The molecule has 5 heteroatoms. The third-order valence-electron chi connectivity index (χ3n) is 3.52. The van der Waals surface area contributed by atoms with Crippen LogP contribution in [0.1, 0.15) is 18.1 Å². The van der Waals surface area contributed by atoms with Crippen LogP contribution in [0, 0.1) is 6.92 Å². The SMILES string of the molecule is COCC(C)NC(N)=NCc1ccccc1Oc1ccccc1C. The lowest BCUT2D eigenvalue weighted by molar-refractivity contribution is 0.179. The minimum atomic E-state index is 0.109. The van der Waals surface area contributed by atoms with Gasteiger partial charge in [0.15, 0.2) is 5.96 Å². The third-order valence-corrected chi connectivity index (χ3v) is 3.52. The first kappa shape index (κ1) is 17.8. The molecule has 2 aromatic rings. The summed E-state index contributed by atoms with van der Waals surface area (Å²) < 4.78 is 11.1. The van der Waals surface area contributed by atoms with E-state index in [1.54, 1.807) is 7.11 Å². The van der Waals surface area contributed by atoms with Gasteiger partial charge in [-0.05, 0) is 31.5 Å². The van der Waals surface area contributed by atoms with Gasteiger partial charge in [-0.2, -0.15) is 0 Å². The van der Waals surface area contributed by atoms with Crippen LogP contribution >= 0.6 is 0 Å². The van der Waals surface area contributed by atoms with Crippen LogP contribution in [0.3, 0.4) is 0 Å². The predicted molar refractivity (Wildman–Crippen MR) is 97.5 cm³/mol. The highest BCUT2D eigenvalue weighted by Crippen LogP contribution is 2.27. The van der Waals surface area contributed by atoms with E-state index in [-0.39, 0.29) is 6.04 Å². The van der Waals surface area contributed by atoms with Crippen molar-refractivity contribution >= 4 is 5.96 Å². The van der Waals surface area contributed by atoms with Gasteiger partial charge in [0.05, 0.1) is 13.2 Å². The van der Waals surface area contributed by atoms with E-state index in [4.69, 9.17) is 15.2 Å². The summed E-state index contributed by atoms with van der Waals surface area (Å²) in [6, 6.07) is 15.9. The highest BCUT2D eigenvalue weighted by molar-refractivity contribution is 5.78. The molecule has 2 rings (SSSR count). The molecule has 0 spiro atoms. The fourth-order valence-corrected chi connectivity index (χ4v) is 2.28. The Bertz CT molecular complexity index is 686. The molecular formula is C19H25N3O2. The molecule has 2 aromatic carbocycles. The molecule has 3 N–H and O–H groups in total. The topological polar surface area (TPSA) is 68.9 Å². The van der Waals surface area contributed by atoms with Gasteiger partial charge in [-0.1, -0.05) is 36.4 Å². The summed E-state index contributed by atoms with van der Waals surface area (Å²) in [4.78, 5) is 4.39. The van der Waals surface area contributed by atoms with Crippen LogP contribution in [0.15, 0.2) is 53.5 Å². The van der Waals surface area contributed by atoms with Gasteiger partial charge < -0.3 is 20.5 Å². The third kappa shape index (κ3) is 5.28. The second kappa shape index (κ2) is 8.93. The summed E-state index contributed by atoms with van der Waals surface area (Å²) in [7, 11) is 1.66. The monoisotopic (exact) mass is 327 g/mol. The first-order valence-electron chi connectivity index (χ1n) is 7.97. The molecule has 0 saturated heterocycles. The lowest BCUT2D eigenvalue weighted by atomic mass is 10.2. The molecule has 0 saturated carbocycles. The van der Waals surface area contributed by atoms with Gasteiger partial charge in [-0.3, -0.25) is 0 Å². The van der Waals surface area contributed by atoms with E-state index in [2.05, 4.69) is 10.3 Å². The number of methoxy groups -OCH3 is 1. The van der Waals surface area contributed by atoms with E-state index < -0.39 is 0 Å². The van der Waals surface area contributed by atoms with E-state index in [1.807, 2.05) is 62.4 Å². The number of rotatable bonds is 7. The Hall–Kier alpha value is -2.53. The highest BCUT2D eigenvalue weighted by Gasteiger charge is 2.07. The van der Waals surface area contributed by atoms with Crippen LogP contribution in [0.4, 0.5) is 0 Å². The van der Waals surface area contributed by atoms with Crippen LogP contribution in [-0.2, 0) is 11.3 Å². The molecule has 0 aliphatic carbocycles. The van der Waals surface area contributed by atoms with Crippen molar-refractivity contribution in [2.45, 2.75) is 26.4 Å². The van der Waals surface area contributed by atoms with E-state index in [0.29, 0.717) is 19.1 Å². The molecule has 0 fully saturated rings. The van der Waals surface area contributed by atoms with Crippen LogP contribution in [-0.4, -0.2) is 25.7 Å². The molecule has 128 valence electrons. The molecule has 1 unspecified atom stereocenters. The van der Waals surface area contributed by atoms with Crippen molar-refractivity contribution < 1.29 is 9.47 Å². The van der Waals surface area contributed by atoms with Crippen LogP contribution < -0.4 is 15.8 Å². The van der Waals surface area contributed by atoms with Crippen molar-refractivity contribution in [2.24, 2.45) is 10.7 Å². The number of benzene rings is 2. The maximum absolute atomic E-state index is 6.04. The normalized spacial score (nSPS) is 12.7. The Labute approximate surface area is 143 Å². The number of ether oxygens (including phenoxy) is 2. The first-order chi connectivity index (χ1) is 11.6. The summed E-state index contributed by atoms with van der Waals surface area (Å²) in [5.41, 5.74) is 7.99. The number of nitrogens with two attached hydrogens (primary N) is 1. The number of nitrogens with zero attached hydrogens (tertiary/aromatic N) is 1. The molecule has 0 aliphatic heterocycles. The van der Waals surface area contributed by atoms with Crippen molar-refractivity contribution in [1.29, 1.82) is 0 Å². The first-order valence-corrected chi connectivity index (χ1v) is 7.97. The van der Waals surface area contributed by atoms with Crippen molar-refractivity contribution in [3.63, 3.8) is 0 Å². The standard InChI is InChI=1S/C19H25N3O2/c1-14-8-4-6-10-17(14)24-18-11-7-5-9-16(18)12-21-19(20)22-15(2)13-23-3/h4-11,15H,12-13H2,1-3H3,(H3,20,21,22). The number of nitrogens with one attached hydrogen (secondary N) is 1. The summed E-state index contributed by atoms with van der Waals surface area (Å²) in [5.74, 6) is 2.02. The molecule has 5 nitrogen and oxygen atoms in total. The average molecular weight is 327 g/mol. The van der Waals surface area contributed by atoms with Crippen LogP contribution in [0.5, 0.6) is 11.5 Å². The van der Waals surface area contributed by atoms with Crippen LogP contribution in [0.25, 0.3) is 0 Å². The minimum absolute atomic E-state index is 0.109. The summed E-state index contributed by atoms with van der Waals surface area (Å²) in [5, 5.41) is 3.09. The zero-order valence-electron chi connectivity index (χ0n) is 14.5. The minimum Gasteiger partial charge on any atom is -0.457 e. The van der Waals surface area contributed by atoms with Gasteiger partial charge in [0.2, 0.25) is 0 Å². The number of aryl methyl sites for hydroxylation is 1. The number of para-hydroxylation sites is 2. The summed E-state index contributed by atoms with van der Waals surface area (Å²) in [6.07, 6.45) is 0. The van der Waals surface area contributed by atoms with E-state index in [0.717, 1.165) is 22.6 Å². The fraction of sp³-hybridized carbons (Fsp3) is 0.316. The molecule has 0 amide bonds. The Morgan fingerprint density at radius 3 is 2.50 bits per heavy atom. The molecular weight excluding hydrogens is 302 g/mol. The maximum Gasteiger partial charge on any atom is 0.189 e. The van der Waals surface area contributed by atoms with Gasteiger partial charge in [-0.25, -0.2) is 4.99 Å². The zero-order valence-corrected chi connectivity index (χ0v) is 14.5. The van der Waals surface area contributed by atoms with Crippen molar-refractivity contribution in [2.75, 3.05) is 13.7 Å². The van der Waals surface area contributed by atoms with Crippen molar-refractivity contribution in [3.05, 3.63) is 59.7 Å². The molecule has 0 heterocycles. The zero-order chi connectivity index (χ0) is 17.4.